The highest BCUT2D eigenvalue weighted by Crippen LogP contribution is 2.29. The summed E-state index contributed by atoms with van der Waals surface area (Å²) in [6, 6.07) is 7.17. The molecule has 178 valence electrons. The fourth-order valence-electron chi connectivity index (χ4n) is 3.75. The molecule has 33 heavy (non-hydrogen) atoms. The van der Waals surface area contributed by atoms with E-state index in [0.29, 0.717) is 43.9 Å². The number of carbonyl (C=O) groups is 3. The first-order valence-corrected chi connectivity index (χ1v) is 12.1. The summed E-state index contributed by atoms with van der Waals surface area (Å²) in [7, 11) is 0. The van der Waals surface area contributed by atoms with Gasteiger partial charge >= 0.3 is 11.9 Å². The summed E-state index contributed by atoms with van der Waals surface area (Å²) in [6.45, 7) is 8.33. The van der Waals surface area contributed by atoms with Crippen LogP contribution in [0.4, 0.5) is 0 Å². The van der Waals surface area contributed by atoms with E-state index in [0.717, 1.165) is 21.9 Å². The predicted molar refractivity (Wildman–Crippen MR) is 123 cm³/mol. The highest BCUT2D eigenvalue weighted by Gasteiger charge is 2.31. The van der Waals surface area contributed by atoms with E-state index in [1.54, 1.807) is 30.9 Å². The SMILES string of the molecule is CCOC(=O)C1CCN(C(=O)C(C)OC(=O)c2ccccc2SCc2c(C)noc2C)CC1. The Morgan fingerprint density at radius 2 is 1.91 bits per heavy atom. The molecule has 1 aromatic heterocycles. The van der Waals surface area contributed by atoms with Crippen molar-refractivity contribution in [1.82, 2.24) is 10.1 Å². The van der Waals surface area contributed by atoms with Crippen molar-refractivity contribution in [3.63, 3.8) is 0 Å². The summed E-state index contributed by atoms with van der Waals surface area (Å²) in [5.74, 6) is 0.162. The fraction of sp³-hybridized carbons (Fsp3) is 0.500. The van der Waals surface area contributed by atoms with Crippen LogP contribution in [0.15, 0.2) is 33.7 Å². The van der Waals surface area contributed by atoms with Crippen molar-refractivity contribution in [2.24, 2.45) is 5.92 Å². The van der Waals surface area contributed by atoms with Crippen molar-refractivity contribution < 1.29 is 28.4 Å². The second-order valence-corrected chi connectivity index (χ2v) is 9.00. The number of piperidine rings is 1. The van der Waals surface area contributed by atoms with Gasteiger partial charge in [0, 0.05) is 29.3 Å². The van der Waals surface area contributed by atoms with Crippen LogP contribution in [-0.4, -0.2) is 53.7 Å². The Labute approximate surface area is 198 Å². The second-order valence-electron chi connectivity index (χ2n) is 7.99. The summed E-state index contributed by atoms with van der Waals surface area (Å²) >= 11 is 1.49. The van der Waals surface area contributed by atoms with Crippen LogP contribution in [0.2, 0.25) is 0 Å². The number of amides is 1. The van der Waals surface area contributed by atoms with E-state index in [1.165, 1.54) is 11.8 Å². The monoisotopic (exact) mass is 474 g/mol. The maximum atomic E-state index is 12.9. The van der Waals surface area contributed by atoms with Crippen molar-refractivity contribution in [2.45, 2.75) is 57.3 Å². The second kappa shape index (κ2) is 11.4. The Morgan fingerprint density at radius 3 is 2.55 bits per heavy atom. The van der Waals surface area contributed by atoms with E-state index in [9.17, 15) is 14.4 Å². The first-order chi connectivity index (χ1) is 15.8. The summed E-state index contributed by atoms with van der Waals surface area (Å²) in [5.41, 5.74) is 2.24. The number of aromatic nitrogens is 1. The minimum absolute atomic E-state index is 0.187. The average Bonchev–Trinajstić information content (AvgIpc) is 3.14. The lowest BCUT2D eigenvalue weighted by Crippen LogP contribution is -2.45. The minimum Gasteiger partial charge on any atom is -0.466 e. The molecule has 2 aromatic rings. The molecule has 0 bridgehead atoms. The maximum absolute atomic E-state index is 12.9. The van der Waals surface area contributed by atoms with Crippen molar-refractivity contribution in [3.8, 4) is 0 Å². The molecular formula is C24H30N2O6S. The zero-order chi connectivity index (χ0) is 24.0. The van der Waals surface area contributed by atoms with Crippen molar-refractivity contribution >= 4 is 29.6 Å². The molecule has 1 fully saturated rings. The van der Waals surface area contributed by atoms with Gasteiger partial charge in [-0.3, -0.25) is 9.59 Å². The van der Waals surface area contributed by atoms with Gasteiger partial charge in [0.1, 0.15) is 5.76 Å². The van der Waals surface area contributed by atoms with Gasteiger partial charge in [-0.15, -0.1) is 11.8 Å². The Kier molecular flexibility index (Phi) is 8.55. The highest BCUT2D eigenvalue weighted by molar-refractivity contribution is 7.98. The molecule has 0 saturated carbocycles. The van der Waals surface area contributed by atoms with E-state index in [2.05, 4.69) is 5.16 Å². The van der Waals surface area contributed by atoms with Crippen molar-refractivity contribution in [1.29, 1.82) is 0 Å². The van der Waals surface area contributed by atoms with Gasteiger partial charge in [-0.1, -0.05) is 17.3 Å². The van der Waals surface area contributed by atoms with Crippen LogP contribution in [0.5, 0.6) is 0 Å². The standard InChI is InChI=1S/C24H30N2O6S/c1-5-30-23(28)18-10-12-26(13-11-18)22(27)17(4)31-24(29)19-8-6-7-9-21(19)33-14-20-15(2)25-32-16(20)3/h6-9,17-18H,5,10-14H2,1-4H3. The van der Waals surface area contributed by atoms with Gasteiger partial charge in [0.2, 0.25) is 0 Å². The number of ether oxygens (including phenoxy) is 2. The Hall–Kier alpha value is -2.81. The number of likely N-dealkylation sites (tertiary alicyclic amines) is 1. The maximum Gasteiger partial charge on any atom is 0.340 e. The summed E-state index contributed by atoms with van der Waals surface area (Å²) < 4.78 is 15.8. The van der Waals surface area contributed by atoms with E-state index in [-0.39, 0.29) is 17.8 Å². The number of benzene rings is 1. The minimum atomic E-state index is -0.919. The third-order valence-corrected chi connectivity index (χ3v) is 6.82. The van der Waals surface area contributed by atoms with Crippen LogP contribution in [0, 0.1) is 19.8 Å². The third kappa shape index (κ3) is 6.16. The van der Waals surface area contributed by atoms with Crippen LogP contribution in [0.25, 0.3) is 0 Å². The van der Waals surface area contributed by atoms with Crippen LogP contribution in [0.3, 0.4) is 0 Å². The quantitative estimate of drug-likeness (QED) is 0.419. The number of hydrogen-bond acceptors (Lipinski definition) is 8. The van der Waals surface area contributed by atoms with E-state index >= 15 is 0 Å². The number of rotatable bonds is 8. The molecule has 0 N–H and O–H groups in total. The lowest BCUT2D eigenvalue weighted by molar-refractivity contribution is -0.152. The third-order valence-electron chi connectivity index (χ3n) is 5.72. The molecule has 1 aliphatic heterocycles. The Bertz CT molecular complexity index is 977. The number of nitrogens with zero attached hydrogens (tertiary/aromatic N) is 2. The first kappa shape index (κ1) is 24.8. The number of esters is 2. The van der Waals surface area contributed by atoms with Gasteiger partial charge in [-0.05, 0) is 52.7 Å². The molecule has 1 aromatic carbocycles. The lowest BCUT2D eigenvalue weighted by Gasteiger charge is -2.32. The highest BCUT2D eigenvalue weighted by atomic mass is 32.2. The van der Waals surface area contributed by atoms with Crippen LogP contribution in [-0.2, 0) is 24.8 Å². The van der Waals surface area contributed by atoms with Gasteiger partial charge in [-0.25, -0.2) is 4.79 Å². The van der Waals surface area contributed by atoms with Crippen molar-refractivity contribution in [2.75, 3.05) is 19.7 Å². The number of hydrogen-bond donors (Lipinski definition) is 0. The van der Waals surface area contributed by atoms with Gasteiger partial charge in [0.05, 0.1) is 23.8 Å². The largest absolute Gasteiger partial charge is 0.466 e. The molecule has 1 atom stereocenters. The van der Waals surface area contributed by atoms with Crippen LogP contribution in [0.1, 0.15) is 54.1 Å². The number of thioether (sulfide) groups is 1. The molecule has 9 heteroatoms. The lowest BCUT2D eigenvalue weighted by atomic mass is 9.97. The molecule has 8 nitrogen and oxygen atoms in total. The Morgan fingerprint density at radius 1 is 1.21 bits per heavy atom. The van der Waals surface area contributed by atoms with E-state index in [4.69, 9.17) is 14.0 Å². The molecular weight excluding hydrogens is 444 g/mol. The average molecular weight is 475 g/mol. The normalized spacial score (nSPS) is 15.2. The fourth-order valence-corrected chi connectivity index (χ4v) is 4.94. The van der Waals surface area contributed by atoms with Gasteiger partial charge < -0.3 is 18.9 Å². The number of aryl methyl sites for hydroxylation is 2. The smallest absolute Gasteiger partial charge is 0.340 e. The zero-order valence-electron chi connectivity index (χ0n) is 19.5. The van der Waals surface area contributed by atoms with E-state index < -0.39 is 12.1 Å². The first-order valence-electron chi connectivity index (χ1n) is 11.1. The van der Waals surface area contributed by atoms with Gasteiger partial charge in [0.15, 0.2) is 6.10 Å². The molecule has 3 rings (SSSR count). The van der Waals surface area contributed by atoms with E-state index in [1.807, 2.05) is 26.0 Å². The van der Waals surface area contributed by atoms with Gasteiger partial charge in [0.25, 0.3) is 5.91 Å². The molecule has 1 aliphatic rings. The summed E-state index contributed by atoms with van der Waals surface area (Å²) in [5, 5.41) is 3.96. The predicted octanol–water partition coefficient (Wildman–Crippen LogP) is 3.93. The molecule has 1 unspecified atom stereocenters. The molecule has 0 spiro atoms. The molecule has 2 heterocycles. The molecule has 0 radical (unpaired) electrons. The van der Waals surface area contributed by atoms with Crippen LogP contribution < -0.4 is 0 Å². The van der Waals surface area contributed by atoms with Crippen molar-refractivity contribution in [3.05, 3.63) is 46.8 Å². The summed E-state index contributed by atoms with van der Waals surface area (Å²) in [4.78, 5) is 40.0. The number of carbonyl (C=O) groups excluding carboxylic acids is 3. The Balaban J connectivity index is 1.57. The van der Waals surface area contributed by atoms with Crippen LogP contribution >= 0.6 is 11.8 Å². The molecule has 0 aliphatic carbocycles. The molecule has 1 saturated heterocycles. The topological polar surface area (TPSA) is 98.9 Å². The zero-order valence-corrected chi connectivity index (χ0v) is 20.3. The summed E-state index contributed by atoms with van der Waals surface area (Å²) in [6.07, 6.45) is 0.177. The van der Waals surface area contributed by atoms with Gasteiger partial charge in [-0.2, -0.15) is 0 Å². The molecule has 1 amide bonds.